The third-order valence-corrected chi connectivity index (χ3v) is 2.46. The molecule has 0 radical (unpaired) electrons. The van der Waals surface area contributed by atoms with Crippen LogP contribution in [-0.4, -0.2) is 34.1 Å². The zero-order valence-electron chi connectivity index (χ0n) is 11.6. The first-order valence-electron chi connectivity index (χ1n) is 6.25. The van der Waals surface area contributed by atoms with Gasteiger partial charge in [-0.15, -0.1) is 0 Å². The second kappa shape index (κ2) is 6.73. The lowest BCUT2D eigenvalue weighted by atomic mass is 10.2. The van der Waals surface area contributed by atoms with E-state index in [9.17, 15) is 0 Å². The normalized spacial score (nSPS) is 11.1. The summed E-state index contributed by atoms with van der Waals surface area (Å²) < 4.78 is 5.29. The van der Waals surface area contributed by atoms with Crippen molar-refractivity contribution in [2.24, 2.45) is 5.92 Å². The van der Waals surface area contributed by atoms with Gasteiger partial charge in [0.05, 0.1) is 6.61 Å². The molecule has 102 valence electrons. The SMILES string of the molecule is CCOc1nc(Cl)nc(N(CC(C)C)C(C)C)n1. The van der Waals surface area contributed by atoms with Gasteiger partial charge in [-0.3, -0.25) is 0 Å². The van der Waals surface area contributed by atoms with Crippen LogP contribution in [0.15, 0.2) is 0 Å². The van der Waals surface area contributed by atoms with Crippen LogP contribution in [0.5, 0.6) is 6.01 Å². The molecule has 1 heterocycles. The maximum absolute atomic E-state index is 5.90. The Morgan fingerprint density at radius 3 is 2.33 bits per heavy atom. The summed E-state index contributed by atoms with van der Waals surface area (Å²) in [7, 11) is 0. The van der Waals surface area contributed by atoms with E-state index in [1.165, 1.54) is 0 Å². The van der Waals surface area contributed by atoms with Gasteiger partial charge in [-0.05, 0) is 38.3 Å². The number of hydrogen-bond donors (Lipinski definition) is 0. The van der Waals surface area contributed by atoms with E-state index in [2.05, 4.69) is 47.5 Å². The molecule has 5 nitrogen and oxygen atoms in total. The molecule has 1 rings (SSSR count). The van der Waals surface area contributed by atoms with Crippen molar-refractivity contribution < 1.29 is 4.74 Å². The Bertz CT molecular complexity index is 384. The van der Waals surface area contributed by atoms with Crippen LogP contribution in [-0.2, 0) is 0 Å². The third-order valence-electron chi connectivity index (χ3n) is 2.29. The Kier molecular flexibility index (Phi) is 5.59. The van der Waals surface area contributed by atoms with E-state index < -0.39 is 0 Å². The van der Waals surface area contributed by atoms with Crippen molar-refractivity contribution in [3.8, 4) is 6.01 Å². The second-order valence-electron chi connectivity index (χ2n) is 4.76. The molecule has 0 amide bonds. The molecule has 6 heteroatoms. The van der Waals surface area contributed by atoms with Crippen molar-refractivity contribution in [3.05, 3.63) is 5.28 Å². The number of nitrogens with zero attached hydrogens (tertiary/aromatic N) is 4. The Labute approximate surface area is 114 Å². The van der Waals surface area contributed by atoms with Crippen LogP contribution in [0.4, 0.5) is 5.95 Å². The van der Waals surface area contributed by atoms with Crippen molar-refractivity contribution in [1.29, 1.82) is 0 Å². The second-order valence-corrected chi connectivity index (χ2v) is 5.10. The lowest BCUT2D eigenvalue weighted by Gasteiger charge is -2.28. The van der Waals surface area contributed by atoms with Crippen molar-refractivity contribution in [3.63, 3.8) is 0 Å². The molecular formula is C12H21ClN4O. The van der Waals surface area contributed by atoms with Gasteiger partial charge >= 0.3 is 6.01 Å². The highest BCUT2D eigenvalue weighted by atomic mass is 35.5. The minimum absolute atomic E-state index is 0.165. The predicted molar refractivity (Wildman–Crippen MR) is 73.3 cm³/mol. The van der Waals surface area contributed by atoms with Crippen LogP contribution in [0.1, 0.15) is 34.6 Å². The average molecular weight is 273 g/mol. The summed E-state index contributed by atoms with van der Waals surface area (Å²) in [5, 5.41) is 0.165. The molecule has 1 aromatic rings. The molecule has 0 bridgehead atoms. The van der Waals surface area contributed by atoms with E-state index in [1.807, 2.05) is 6.92 Å². The molecule has 0 aliphatic carbocycles. The van der Waals surface area contributed by atoms with Crippen molar-refractivity contribution in [2.45, 2.75) is 40.7 Å². The summed E-state index contributed by atoms with van der Waals surface area (Å²) in [6.45, 7) is 11.8. The summed E-state index contributed by atoms with van der Waals surface area (Å²) in [6, 6.07) is 0.572. The Morgan fingerprint density at radius 1 is 1.17 bits per heavy atom. The molecule has 18 heavy (non-hydrogen) atoms. The number of hydrogen-bond acceptors (Lipinski definition) is 5. The van der Waals surface area contributed by atoms with Gasteiger partial charge < -0.3 is 9.64 Å². The van der Waals surface area contributed by atoms with Gasteiger partial charge in [0.25, 0.3) is 0 Å². The molecule has 0 aliphatic heterocycles. The topological polar surface area (TPSA) is 51.1 Å². The van der Waals surface area contributed by atoms with Gasteiger partial charge in [0.15, 0.2) is 0 Å². The monoisotopic (exact) mass is 272 g/mol. The number of aromatic nitrogens is 3. The lowest BCUT2D eigenvalue weighted by Crippen LogP contribution is -2.35. The number of halogens is 1. The van der Waals surface area contributed by atoms with Crippen LogP contribution in [0, 0.1) is 5.92 Å². The highest BCUT2D eigenvalue weighted by molar-refractivity contribution is 6.28. The van der Waals surface area contributed by atoms with E-state index in [4.69, 9.17) is 16.3 Å². The molecule has 1 aromatic heterocycles. The van der Waals surface area contributed by atoms with Gasteiger partial charge in [-0.2, -0.15) is 15.0 Å². The van der Waals surface area contributed by atoms with Gasteiger partial charge in [0, 0.05) is 12.6 Å². The predicted octanol–water partition coefficient (Wildman–Crippen LogP) is 2.79. The van der Waals surface area contributed by atoms with E-state index in [-0.39, 0.29) is 11.3 Å². The minimum atomic E-state index is 0.165. The smallest absolute Gasteiger partial charge is 0.322 e. The summed E-state index contributed by atoms with van der Waals surface area (Å²) in [6.07, 6.45) is 0. The summed E-state index contributed by atoms with van der Waals surface area (Å²) in [5.74, 6) is 1.08. The van der Waals surface area contributed by atoms with Gasteiger partial charge in [-0.25, -0.2) is 0 Å². The molecule has 0 N–H and O–H groups in total. The molecule has 0 saturated heterocycles. The van der Waals surface area contributed by atoms with Gasteiger partial charge in [0.2, 0.25) is 11.2 Å². The molecule has 0 saturated carbocycles. The fourth-order valence-electron chi connectivity index (χ4n) is 1.56. The summed E-state index contributed by atoms with van der Waals surface area (Å²) in [4.78, 5) is 14.5. The molecule has 0 fully saturated rings. The van der Waals surface area contributed by atoms with Gasteiger partial charge in [0.1, 0.15) is 0 Å². The number of anilines is 1. The number of rotatable bonds is 6. The summed E-state index contributed by atoms with van der Waals surface area (Å²) in [5.41, 5.74) is 0. The first-order valence-corrected chi connectivity index (χ1v) is 6.62. The Balaban J connectivity index is 3.03. The van der Waals surface area contributed by atoms with Crippen LogP contribution in [0.3, 0.4) is 0 Å². The standard InChI is InChI=1S/C12H21ClN4O/c1-6-18-12-15-10(13)14-11(16-12)17(9(4)5)7-8(2)3/h8-9H,6-7H2,1-5H3. The average Bonchev–Trinajstić information content (AvgIpc) is 2.24. The zero-order valence-corrected chi connectivity index (χ0v) is 12.4. The van der Waals surface area contributed by atoms with Crippen LogP contribution in [0.25, 0.3) is 0 Å². The van der Waals surface area contributed by atoms with Crippen LogP contribution in [0.2, 0.25) is 5.28 Å². The molecule has 0 aliphatic rings. The fraction of sp³-hybridized carbons (Fsp3) is 0.750. The van der Waals surface area contributed by atoms with E-state index in [0.29, 0.717) is 24.5 Å². The maximum atomic E-state index is 5.90. The molecule has 0 aromatic carbocycles. The first kappa shape index (κ1) is 15.0. The molecular weight excluding hydrogens is 252 g/mol. The Hall–Kier alpha value is -1.10. The van der Waals surface area contributed by atoms with E-state index >= 15 is 0 Å². The van der Waals surface area contributed by atoms with E-state index in [1.54, 1.807) is 0 Å². The lowest BCUT2D eigenvalue weighted by molar-refractivity contribution is 0.311. The third kappa shape index (κ3) is 4.29. The highest BCUT2D eigenvalue weighted by Crippen LogP contribution is 2.18. The van der Waals surface area contributed by atoms with Gasteiger partial charge in [-0.1, -0.05) is 13.8 Å². The minimum Gasteiger partial charge on any atom is -0.464 e. The maximum Gasteiger partial charge on any atom is 0.322 e. The fourth-order valence-corrected chi connectivity index (χ4v) is 1.71. The van der Waals surface area contributed by atoms with Crippen molar-refractivity contribution in [2.75, 3.05) is 18.1 Å². The van der Waals surface area contributed by atoms with Crippen molar-refractivity contribution >= 4 is 17.5 Å². The molecule has 0 atom stereocenters. The van der Waals surface area contributed by atoms with Crippen molar-refractivity contribution in [1.82, 2.24) is 15.0 Å². The highest BCUT2D eigenvalue weighted by Gasteiger charge is 2.17. The van der Waals surface area contributed by atoms with E-state index in [0.717, 1.165) is 6.54 Å². The largest absolute Gasteiger partial charge is 0.464 e. The Morgan fingerprint density at radius 2 is 1.83 bits per heavy atom. The first-order chi connectivity index (χ1) is 8.43. The molecule has 0 spiro atoms. The quantitative estimate of drug-likeness (QED) is 0.797. The van der Waals surface area contributed by atoms with Crippen LogP contribution >= 0.6 is 11.6 Å². The molecule has 0 unspecified atom stereocenters. The summed E-state index contributed by atoms with van der Waals surface area (Å²) >= 11 is 5.90. The number of ether oxygens (including phenoxy) is 1. The van der Waals surface area contributed by atoms with Crippen LogP contribution < -0.4 is 9.64 Å². The zero-order chi connectivity index (χ0) is 13.7.